The minimum atomic E-state index is -0.769. The molecule has 3 aromatic carbocycles. The molecule has 0 aliphatic heterocycles. The number of carbonyl (C=O) groups is 1. The number of hydrogen-bond acceptors (Lipinski definition) is 3. The summed E-state index contributed by atoms with van der Waals surface area (Å²) in [6, 6.07) is 17.0. The van der Waals surface area contributed by atoms with Gasteiger partial charge in [0.2, 0.25) is 0 Å². The van der Waals surface area contributed by atoms with E-state index in [0.29, 0.717) is 17.9 Å². The summed E-state index contributed by atoms with van der Waals surface area (Å²) >= 11 is 0. The van der Waals surface area contributed by atoms with Gasteiger partial charge in [0.05, 0.1) is 13.5 Å². The highest BCUT2D eigenvalue weighted by atomic mass is 19.1. The third kappa shape index (κ3) is 5.56. The number of aliphatic carboxylic acids is 1. The molecule has 0 unspecified atom stereocenters. The summed E-state index contributed by atoms with van der Waals surface area (Å²) in [5, 5.41) is 9.24. The van der Waals surface area contributed by atoms with Crippen LogP contribution in [0.5, 0.6) is 11.5 Å². The van der Waals surface area contributed by atoms with E-state index in [2.05, 4.69) is 32.9 Å². The van der Waals surface area contributed by atoms with Gasteiger partial charge in [0, 0.05) is 5.56 Å². The largest absolute Gasteiger partial charge is 0.497 e. The summed E-state index contributed by atoms with van der Waals surface area (Å²) in [4.78, 5) is 11.2. The lowest BCUT2D eigenvalue weighted by Crippen LogP contribution is -2.18. The maximum Gasteiger partial charge on any atom is 0.303 e. The molecule has 0 bridgehead atoms. The lowest BCUT2D eigenvalue weighted by atomic mass is 9.76. The molecule has 0 aromatic heterocycles. The topological polar surface area (TPSA) is 55.8 Å². The lowest BCUT2D eigenvalue weighted by Gasteiger charge is -2.28. The van der Waals surface area contributed by atoms with Gasteiger partial charge in [-0.3, -0.25) is 4.79 Å². The van der Waals surface area contributed by atoms with Crippen molar-refractivity contribution in [3.8, 4) is 22.6 Å². The molecule has 4 nitrogen and oxygen atoms in total. The van der Waals surface area contributed by atoms with Crippen LogP contribution in [0.4, 0.5) is 4.39 Å². The molecule has 0 radical (unpaired) electrons. The number of benzene rings is 3. The van der Waals surface area contributed by atoms with Crippen LogP contribution < -0.4 is 9.47 Å². The second kappa shape index (κ2) is 10.7. The van der Waals surface area contributed by atoms with E-state index < -0.39 is 5.97 Å². The van der Waals surface area contributed by atoms with Gasteiger partial charge in [0.1, 0.15) is 23.9 Å². The zero-order valence-electron chi connectivity index (χ0n) is 21.6. The number of aryl methyl sites for hydroxylation is 1. The summed E-state index contributed by atoms with van der Waals surface area (Å²) < 4.78 is 26.4. The number of methoxy groups -OCH3 is 1. The fourth-order valence-electron chi connectivity index (χ4n) is 5.42. The fraction of sp³-hybridized carbons (Fsp3) is 0.387. The fourth-order valence-corrected chi connectivity index (χ4v) is 5.42. The highest BCUT2D eigenvalue weighted by Crippen LogP contribution is 2.40. The molecular formula is C31H35FO4. The summed E-state index contributed by atoms with van der Waals surface area (Å²) in [6.45, 7) is 6.92. The van der Waals surface area contributed by atoms with Crippen molar-refractivity contribution in [3.05, 3.63) is 82.7 Å². The minimum absolute atomic E-state index is 0.0412. The predicted octanol–water partition coefficient (Wildman–Crippen LogP) is 7.66. The second-order valence-electron chi connectivity index (χ2n) is 10.3. The van der Waals surface area contributed by atoms with Crippen LogP contribution in [0.3, 0.4) is 0 Å². The van der Waals surface area contributed by atoms with Crippen molar-refractivity contribution in [2.24, 2.45) is 0 Å². The monoisotopic (exact) mass is 490 g/mol. The summed E-state index contributed by atoms with van der Waals surface area (Å²) in [7, 11) is 1.59. The van der Waals surface area contributed by atoms with Crippen LogP contribution in [0.2, 0.25) is 0 Å². The Kier molecular flexibility index (Phi) is 7.67. The Bertz CT molecular complexity index is 1250. The Morgan fingerprint density at radius 1 is 1.06 bits per heavy atom. The molecule has 4 rings (SSSR count). The quantitative estimate of drug-likeness (QED) is 0.317. The van der Waals surface area contributed by atoms with Crippen LogP contribution in [0, 0.1) is 5.82 Å². The van der Waals surface area contributed by atoms with Gasteiger partial charge in [-0.2, -0.15) is 0 Å². The van der Waals surface area contributed by atoms with Gasteiger partial charge < -0.3 is 14.6 Å². The molecule has 1 N–H and O–H groups in total. The van der Waals surface area contributed by atoms with Crippen molar-refractivity contribution in [3.63, 3.8) is 0 Å². The number of ether oxygens (including phenoxy) is 2. The predicted molar refractivity (Wildman–Crippen MR) is 140 cm³/mol. The maximum absolute atomic E-state index is 14.9. The van der Waals surface area contributed by atoms with Gasteiger partial charge >= 0.3 is 5.97 Å². The molecule has 36 heavy (non-hydrogen) atoms. The van der Waals surface area contributed by atoms with Crippen molar-refractivity contribution in [1.82, 2.24) is 0 Å². The molecular weight excluding hydrogens is 455 g/mol. The van der Waals surface area contributed by atoms with E-state index in [1.54, 1.807) is 19.2 Å². The Hall–Kier alpha value is -3.34. The van der Waals surface area contributed by atoms with Gasteiger partial charge in [0.25, 0.3) is 0 Å². The van der Waals surface area contributed by atoms with Gasteiger partial charge in [-0.25, -0.2) is 4.39 Å². The first-order valence-electron chi connectivity index (χ1n) is 12.7. The number of fused-ring (bicyclic) bond motifs is 1. The van der Waals surface area contributed by atoms with E-state index in [9.17, 15) is 14.3 Å². The van der Waals surface area contributed by atoms with E-state index in [4.69, 9.17) is 9.47 Å². The van der Waals surface area contributed by atoms with Crippen molar-refractivity contribution < 1.29 is 23.8 Å². The smallest absolute Gasteiger partial charge is 0.303 e. The van der Waals surface area contributed by atoms with E-state index in [0.717, 1.165) is 53.7 Å². The molecule has 0 spiro atoms. The average molecular weight is 491 g/mol. The number of halogens is 1. The molecule has 1 aliphatic carbocycles. The van der Waals surface area contributed by atoms with Crippen molar-refractivity contribution >= 4 is 5.97 Å². The van der Waals surface area contributed by atoms with Crippen LogP contribution in [0.25, 0.3) is 11.1 Å². The van der Waals surface area contributed by atoms with Gasteiger partial charge in [-0.05, 0) is 88.7 Å². The molecule has 190 valence electrons. The van der Waals surface area contributed by atoms with Crippen LogP contribution in [-0.4, -0.2) is 18.2 Å². The molecule has 3 aromatic rings. The zero-order valence-corrected chi connectivity index (χ0v) is 21.6. The number of carboxylic acids is 1. The Labute approximate surface area is 213 Å². The summed E-state index contributed by atoms with van der Waals surface area (Å²) in [6.07, 6.45) is 3.90. The van der Waals surface area contributed by atoms with E-state index in [1.807, 2.05) is 24.3 Å². The first-order valence-corrected chi connectivity index (χ1v) is 12.7. The summed E-state index contributed by atoms with van der Waals surface area (Å²) in [5.41, 5.74) is 5.61. The molecule has 0 amide bonds. The molecule has 0 fully saturated rings. The minimum Gasteiger partial charge on any atom is -0.497 e. The number of rotatable bonds is 10. The Morgan fingerprint density at radius 2 is 1.83 bits per heavy atom. The third-order valence-electron chi connectivity index (χ3n) is 7.30. The number of hydrogen-bond donors (Lipinski definition) is 1. The maximum atomic E-state index is 14.9. The van der Waals surface area contributed by atoms with Crippen molar-refractivity contribution in [1.29, 1.82) is 0 Å². The molecule has 1 aliphatic rings. The third-order valence-corrected chi connectivity index (χ3v) is 7.30. The Morgan fingerprint density at radius 3 is 2.56 bits per heavy atom. The standard InChI is InChI=1S/C31H35FO4/c1-5-14-31(2,3)28-15-20(6-12-25(28)27-17-23(35-4)11-13-29(27)32)19-36-24-10-9-21-7-8-22(16-30(33)34)26(21)18-24/h6,9-13,15,17-18,22H,5,7-8,14,16,19H2,1-4H3,(H,33,34)/t22-/m1/s1. The van der Waals surface area contributed by atoms with Crippen LogP contribution >= 0.6 is 0 Å². The first-order chi connectivity index (χ1) is 17.2. The summed E-state index contributed by atoms with van der Waals surface area (Å²) in [5.74, 6) is 0.357. The van der Waals surface area contributed by atoms with Gasteiger partial charge in [-0.1, -0.05) is 51.5 Å². The lowest BCUT2D eigenvalue weighted by molar-refractivity contribution is -0.137. The first kappa shape index (κ1) is 25.7. The van der Waals surface area contributed by atoms with Gasteiger partial charge in [0.15, 0.2) is 0 Å². The average Bonchev–Trinajstić information content (AvgIpc) is 3.24. The van der Waals surface area contributed by atoms with E-state index in [1.165, 1.54) is 11.6 Å². The molecule has 1 atom stereocenters. The van der Waals surface area contributed by atoms with Crippen LogP contribution in [0.15, 0.2) is 54.6 Å². The van der Waals surface area contributed by atoms with Crippen LogP contribution in [0.1, 0.15) is 74.6 Å². The van der Waals surface area contributed by atoms with Crippen molar-refractivity contribution in [2.75, 3.05) is 7.11 Å². The second-order valence-corrected chi connectivity index (χ2v) is 10.3. The van der Waals surface area contributed by atoms with Gasteiger partial charge in [-0.15, -0.1) is 0 Å². The highest BCUT2D eigenvalue weighted by Gasteiger charge is 2.26. The van der Waals surface area contributed by atoms with E-state index in [-0.39, 0.29) is 23.6 Å². The number of carboxylic acid groups (broad SMARTS) is 1. The highest BCUT2D eigenvalue weighted by molar-refractivity contribution is 5.71. The molecule has 0 heterocycles. The van der Waals surface area contributed by atoms with Crippen molar-refractivity contribution in [2.45, 2.75) is 70.8 Å². The molecule has 0 saturated heterocycles. The molecule has 0 saturated carbocycles. The molecule has 5 heteroatoms. The Balaban J connectivity index is 1.63. The normalized spacial score (nSPS) is 15.0. The SMILES string of the molecule is CCCC(C)(C)c1cc(COc2ccc3c(c2)[C@@H](CC(=O)O)CC3)ccc1-c1cc(OC)ccc1F. The van der Waals surface area contributed by atoms with Crippen LogP contribution in [-0.2, 0) is 23.2 Å². The van der Waals surface area contributed by atoms with E-state index >= 15 is 0 Å². The zero-order chi connectivity index (χ0) is 25.9.